The van der Waals surface area contributed by atoms with Crippen LogP contribution in [0.15, 0.2) is 48.5 Å². The van der Waals surface area contributed by atoms with E-state index in [1.54, 1.807) is 26.0 Å². The van der Waals surface area contributed by atoms with Crippen LogP contribution in [-0.4, -0.2) is 74.4 Å². The molecule has 0 fully saturated rings. The van der Waals surface area contributed by atoms with Gasteiger partial charge in [-0.3, -0.25) is 14.4 Å². The fourth-order valence-corrected chi connectivity index (χ4v) is 3.75. The van der Waals surface area contributed by atoms with E-state index in [-0.39, 0.29) is 24.3 Å². The quantitative estimate of drug-likeness (QED) is 0.167. The highest BCUT2D eigenvalue weighted by Crippen LogP contribution is 2.13. The van der Waals surface area contributed by atoms with Crippen LogP contribution in [-0.2, 0) is 32.0 Å². The number of nitrogens with one attached hydrogen (secondary N) is 3. The predicted molar refractivity (Wildman–Crippen MR) is 142 cm³/mol. The zero-order chi connectivity index (χ0) is 29.3. The number of aliphatic carboxylic acids is 1. The van der Waals surface area contributed by atoms with Crippen molar-refractivity contribution in [3.8, 4) is 11.5 Å². The summed E-state index contributed by atoms with van der Waals surface area (Å²) in [4.78, 5) is 50.5. The number of aromatic hydroxyl groups is 2. The molecule has 0 bridgehead atoms. The van der Waals surface area contributed by atoms with Gasteiger partial charge in [0.1, 0.15) is 29.6 Å². The van der Waals surface area contributed by atoms with Crippen LogP contribution in [0.3, 0.4) is 0 Å². The number of rotatable bonds is 13. The lowest BCUT2D eigenvalue weighted by molar-refractivity contribution is -0.143. The van der Waals surface area contributed by atoms with Crippen LogP contribution in [0.5, 0.6) is 11.5 Å². The number of nitrogens with two attached hydrogens (primary N) is 1. The summed E-state index contributed by atoms with van der Waals surface area (Å²) in [6.45, 7) is 4.61. The number of benzene rings is 2. The van der Waals surface area contributed by atoms with E-state index in [1.165, 1.54) is 43.3 Å². The van der Waals surface area contributed by atoms with E-state index in [4.69, 9.17) is 5.73 Å². The Kier molecular flexibility index (Phi) is 11.2. The van der Waals surface area contributed by atoms with Gasteiger partial charge in [0, 0.05) is 6.42 Å². The first-order valence-corrected chi connectivity index (χ1v) is 12.4. The molecule has 0 saturated heterocycles. The van der Waals surface area contributed by atoms with E-state index in [0.717, 1.165) is 0 Å². The first-order valence-electron chi connectivity index (χ1n) is 12.4. The molecular weight excluding hydrogens is 508 g/mol. The Bertz CT molecular complexity index is 1140. The maximum atomic E-state index is 13.1. The largest absolute Gasteiger partial charge is 0.508 e. The molecule has 3 amide bonds. The van der Waals surface area contributed by atoms with E-state index in [1.807, 2.05) is 0 Å². The van der Waals surface area contributed by atoms with Crippen molar-refractivity contribution in [2.45, 2.75) is 63.9 Å². The molecule has 0 aliphatic heterocycles. The summed E-state index contributed by atoms with van der Waals surface area (Å²) in [6.07, 6.45) is -1.35. The summed E-state index contributed by atoms with van der Waals surface area (Å²) in [5.74, 6) is -3.99. The van der Waals surface area contributed by atoms with Crippen molar-refractivity contribution in [3.63, 3.8) is 0 Å². The van der Waals surface area contributed by atoms with E-state index in [9.17, 15) is 39.6 Å². The zero-order valence-electron chi connectivity index (χ0n) is 22.0. The van der Waals surface area contributed by atoms with Crippen molar-refractivity contribution in [1.82, 2.24) is 16.0 Å². The van der Waals surface area contributed by atoms with E-state index in [0.29, 0.717) is 11.1 Å². The normalized spacial score (nSPS) is 14.9. The van der Waals surface area contributed by atoms with E-state index < -0.39 is 59.9 Å². The van der Waals surface area contributed by atoms with Crippen molar-refractivity contribution < 1.29 is 39.6 Å². The Morgan fingerprint density at radius 2 is 1.15 bits per heavy atom. The number of carbonyl (C=O) groups is 4. The molecule has 2 aromatic rings. The highest BCUT2D eigenvalue weighted by molar-refractivity contribution is 5.94. The molecule has 2 aromatic carbocycles. The number of carboxylic acid groups (broad SMARTS) is 1. The zero-order valence-corrected chi connectivity index (χ0v) is 22.0. The van der Waals surface area contributed by atoms with Gasteiger partial charge in [0.05, 0.1) is 12.1 Å². The minimum absolute atomic E-state index is 0.000324. The number of hydrogen-bond acceptors (Lipinski definition) is 8. The third-order valence-corrected chi connectivity index (χ3v) is 6.03. The van der Waals surface area contributed by atoms with E-state index >= 15 is 0 Å². The van der Waals surface area contributed by atoms with Gasteiger partial charge in [-0.1, -0.05) is 38.1 Å². The molecule has 12 heteroatoms. The number of carbonyl (C=O) groups excluding carboxylic acids is 3. The van der Waals surface area contributed by atoms with Gasteiger partial charge in [-0.05, 0) is 54.7 Å². The predicted octanol–water partition coefficient (Wildman–Crippen LogP) is -0.214. The molecule has 0 aliphatic carbocycles. The molecule has 0 aliphatic rings. The van der Waals surface area contributed by atoms with Crippen molar-refractivity contribution in [1.29, 1.82) is 0 Å². The smallest absolute Gasteiger partial charge is 0.326 e. The standard InChI is InChI=1S/C27H36N4O8/c1-14(2)22(30-24(35)20(28)12-16-4-8-18(33)9-5-16)25(36)31-23(15(3)32)26(37)29-21(27(38)39)13-17-6-10-19(34)11-7-17/h4-11,14-15,20-23,32-34H,12-13,28H2,1-3H3,(H,29,37)(H,30,35)(H,31,36)(H,38,39). The molecule has 0 saturated carbocycles. The third-order valence-electron chi connectivity index (χ3n) is 6.03. The van der Waals surface area contributed by atoms with Crippen LogP contribution < -0.4 is 21.7 Å². The van der Waals surface area contributed by atoms with Gasteiger partial charge in [-0.25, -0.2) is 4.79 Å². The molecule has 5 atom stereocenters. The summed E-state index contributed by atoms with van der Waals surface area (Å²) >= 11 is 0. The lowest BCUT2D eigenvalue weighted by atomic mass is 10.00. The Morgan fingerprint density at radius 3 is 1.59 bits per heavy atom. The second-order valence-electron chi connectivity index (χ2n) is 9.70. The van der Waals surface area contributed by atoms with Crippen LogP contribution in [0.2, 0.25) is 0 Å². The first kappa shape index (κ1) is 31.1. The average molecular weight is 545 g/mol. The number of amides is 3. The molecule has 12 nitrogen and oxygen atoms in total. The van der Waals surface area contributed by atoms with E-state index in [2.05, 4.69) is 16.0 Å². The average Bonchev–Trinajstić information content (AvgIpc) is 2.87. The van der Waals surface area contributed by atoms with Gasteiger partial charge >= 0.3 is 5.97 Å². The number of aliphatic hydroxyl groups is 1. The molecule has 0 spiro atoms. The van der Waals surface area contributed by atoms with Crippen molar-refractivity contribution in [2.75, 3.05) is 0 Å². The number of phenols is 2. The summed E-state index contributed by atoms with van der Waals surface area (Å²) in [5, 5.41) is 45.9. The Morgan fingerprint density at radius 1 is 0.718 bits per heavy atom. The van der Waals surface area contributed by atoms with Crippen molar-refractivity contribution >= 4 is 23.7 Å². The minimum atomic E-state index is -1.51. The lowest BCUT2D eigenvalue weighted by Crippen LogP contribution is -2.61. The molecular formula is C27H36N4O8. The Balaban J connectivity index is 2.07. The maximum absolute atomic E-state index is 13.1. The molecule has 0 aromatic heterocycles. The molecule has 39 heavy (non-hydrogen) atoms. The van der Waals surface area contributed by atoms with Crippen LogP contribution in [0, 0.1) is 5.92 Å². The monoisotopic (exact) mass is 544 g/mol. The topological polar surface area (TPSA) is 211 Å². The number of carboxylic acids is 1. The Labute approximate surface area is 226 Å². The number of phenolic OH excluding ortho intramolecular Hbond substituents is 2. The molecule has 0 heterocycles. The fourth-order valence-electron chi connectivity index (χ4n) is 3.75. The molecule has 9 N–H and O–H groups in total. The maximum Gasteiger partial charge on any atom is 0.326 e. The molecule has 0 radical (unpaired) electrons. The van der Waals surface area contributed by atoms with Crippen molar-refractivity contribution in [2.24, 2.45) is 11.7 Å². The van der Waals surface area contributed by atoms with Crippen LogP contribution >= 0.6 is 0 Å². The summed E-state index contributed by atoms with van der Waals surface area (Å²) < 4.78 is 0. The third kappa shape index (κ3) is 9.58. The minimum Gasteiger partial charge on any atom is -0.508 e. The SMILES string of the molecule is CC(C)C(NC(=O)C(N)Cc1ccc(O)cc1)C(=O)NC(C(=O)NC(Cc1ccc(O)cc1)C(=O)O)C(C)O. The molecule has 2 rings (SSSR count). The lowest BCUT2D eigenvalue weighted by Gasteiger charge is -2.28. The van der Waals surface area contributed by atoms with Gasteiger partial charge in [-0.15, -0.1) is 0 Å². The highest BCUT2D eigenvalue weighted by Gasteiger charge is 2.33. The molecule has 212 valence electrons. The van der Waals surface area contributed by atoms with Gasteiger partial charge in [0.25, 0.3) is 0 Å². The highest BCUT2D eigenvalue weighted by atomic mass is 16.4. The fraction of sp³-hybridized carbons (Fsp3) is 0.407. The van der Waals surface area contributed by atoms with Gasteiger partial charge in [0.15, 0.2) is 0 Å². The second kappa shape index (κ2) is 14.1. The van der Waals surface area contributed by atoms with Gasteiger partial charge in [0.2, 0.25) is 17.7 Å². The van der Waals surface area contributed by atoms with Crippen molar-refractivity contribution in [3.05, 3.63) is 59.7 Å². The summed E-state index contributed by atoms with van der Waals surface area (Å²) in [7, 11) is 0. The van der Waals surface area contributed by atoms with Crippen LogP contribution in [0.25, 0.3) is 0 Å². The second-order valence-corrected chi connectivity index (χ2v) is 9.70. The van der Waals surface area contributed by atoms with Crippen LogP contribution in [0.4, 0.5) is 0 Å². The number of hydrogen-bond donors (Lipinski definition) is 8. The summed E-state index contributed by atoms with van der Waals surface area (Å²) in [6, 6.07) is 6.94. The van der Waals surface area contributed by atoms with Crippen LogP contribution in [0.1, 0.15) is 31.9 Å². The summed E-state index contributed by atoms with van der Waals surface area (Å²) in [5.41, 5.74) is 7.24. The first-order chi connectivity index (χ1) is 18.3. The Hall–Kier alpha value is -4.16. The van der Waals surface area contributed by atoms with Gasteiger partial charge in [-0.2, -0.15) is 0 Å². The number of aliphatic hydroxyl groups excluding tert-OH is 1. The molecule has 5 unspecified atom stereocenters. The van der Waals surface area contributed by atoms with Gasteiger partial charge < -0.3 is 42.1 Å².